The smallest absolute Gasteiger partial charge is 0.107 e. The number of ether oxygens (including phenoxy) is 4. The molecule has 0 spiro atoms. The second kappa shape index (κ2) is 32.6. The highest BCUT2D eigenvalue weighted by Gasteiger charge is 2.27. The van der Waals surface area contributed by atoms with E-state index >= 15 is 0 Å². The maximum atomic E-state index is 6.08. The minimum Gasteiger partial charge on any atom is -0.374 e. The van der Waals surface area contributed by atoms with Gasteiger partial charge in [0.2, 0.25) is 0 Å². The zero-order chi connectivity index (χ0) is 42.0. The molecule has 59 heavy (non-hydrogen) atoms. The number of terminal acetylenes is 1. The van der Waals surface area contributed by atoms with Gasteiger partial charge in [0.1, 0.15) is 12.7 Å². The van der Waals surface area contributed by atoms with E-state index in [1.54, 1.807) is 0 Å². The lowest BCUT2D eigenvalue weighted by atomic mass is 10.0. The van der Waals surface area contributed by atoms with Gasteiger partial charge in [-0.15, -0.1) is 6.42 Å². The summed E-state index contributed by atoms with van der Waals surface area (Å²) in [5, 5.41) is 0. The van der Waals surface area contributed by atoms with Crippen molar-refractivity contribution in [2.45, 2.75) is 97.1 Å². The van der Waals surface area contributed by atoms with Crippen molar-refractivity contribution in [2.75, 3.05) is 33.0 Å². The summed E-state index contributed by atoms with van der Waals surface area (Å²) in [4.78, 5) is 2.57. The minimum atomic E-state index is 0.0242. The number of rotatable bonds is 19. The summed E-state index contributed by atoms with van der Waals surface area (Å²) in [5.41, 5.74) is 6.46. The van der Waals surface area contributed by atoms with Crippen LogP contribution in [-0.2, 0) is 51.0 Å². The van der Waals surface area contributed by atoms with Gasteiger partial charge in [0.25, 0.3) is 0 Å². The van der Waals surface area contributed by atoms with Gasteiger partial charge in [-0.1, -0.05) is 185 Å². The van der Waals surface area contributed by atoms with Crippen molar-refractivity contribution in [3.63, 3.8) is 0 Å². The molecular weight excluding hydrogens is 747 g/mol. The summed E-state index contributed by atoms with van der Waals surface area (Å²) in [6.45, 7) is 13.8. The topological polar surface area (TPSA) is 40.2 Å². The molecule has 1 saturated heterocycles. The highest BCUT2D eigenvalue weighted by Crippen LogP contribution is 2.20. The number of hydrogen-bond donors (Lipinski definition) is 1. The third-order valence-corrected chi connectivity index (χ3v) is 10.1. The van der Waals surface area contributed by atoms with Crippen molar-refractivity contribution in [3.8, 4) is 12.3 Å². The first-order valence-electron chi connectivity index (χ1n) is 21.4. The molecule has 1 aliphatic heterocycles. The largest absolute Gasteiger partial charge is 0.374 e. The van der Waals surface area contributed by atoms with E-state index in [0.29, 0.717) is 26.4 Å². The first kappa shape index (κ1) is 49.2. The number of hydrogen-bond acceptors (Lipinski definition) is 6. The summed E-state index contributed by atoms with van der Waals surface area (Å²) in [5.74, 6) is 4.02. The van der Waals surface area contributed by atoms with E-state index in [0.717, 1.165) is 57.2 Å². The van der Waals surface area contributed by atoms with E-state index in [1.807, 2.05) is 54.6 Å². The third-order valence-electron chi connectivity index (χ3n) is 9.77. The Bertz CT molecular complexity index is 1680. The Morgan fingerprint density at radius 1 is 0.695 bits per heavy atom. The zero-order valence-corrected chi connectivity index (χ0v) is 36.8. The van der Waals surface area contributed by atoms with Crippen LogP contribution in [0.25, 0.3) is 0 Å². The van der Waals surface area contributed by atoms with E-state index in [4.69, 9.17) is 25.4 Å². The van der Waals surface area contributed by atoms with Crippen LogP contribution in [0.1, 0.15) is 80.7 Å². The van der Waals surface area contributed by atoms with Gasteiger partial charge < -0.3 is 18.9 Å². The minimum absolute atomic E-state index is 0.0242. The van der Waals surface area contributed by atoms with Crippen molar-refractivity contribution < 1.29 is 18.9 Å². The molecular formula is C53H69NO4S. The second-order valence-corrected chi connectivity index (χ2v) is 15.1. The Morgan fingerprint density at radius 2 is 1.19 bits per heavy atom. The normalized spacial score (nSPS) is 14.9. The molecule has 6 heteroatoms. The molecule has 1 fully saturated rings. The second-order valence-electron chi connectivity index (χ2n) is 14.8. The molecule has 0 bridgehead atoms. The quantitative estimate of drug-likeness (QED) is 0.0511. The molecule has 316 valence electrons. The molecule has 3 unspecified atom stereocenters. The van der Waals surface area contributed by atoms with Gasteiger partial charge in [0.05, 0.1) is 25.9 Å². The van der Waals surface area contributed by atoms with Gasteiger partial charge in [-0.25, -0.2) is 0 Å². The van der Waals surface area contributed by atoms with Crippen molar-refractivity contribution >= 4 is 12.6 Å². The Hall–Kier alpha value is -4.19. The molecule has 0 radical (unpaired) electrons. The van der Waals surface area contributed by atoms with Gasteiger partial charge >= 0.3 is 0 Å². The average molecular weight is 816 g/mol. The van der Waals surface area contributed by atoms with Crippen LogP contribution in [0.4, 0.5) is 0 Å². The Morgan fingerprint density at radius 3 is 1.64 bits per heavy atom. The molecule has 0 N–H and O–H groups in total. The first-order chi connectivity index (χ1) is 29.0. The summed E-state index contributed by atoms with van der Waals surface area (Å²) >= 11 is 4.11. The lowest BCUT2D eigenvalue weighted by Crippen LogP contribution is -2.39. The fourth-order valence-corrected chi connectivity index (χ4v) is 6.38. The van der Waals surface area contributed by atoms with Crippen molar-refractivity contribution in [1.29, 1.82) is 0 Å². The average Bonchev–Trinajstić information content (AvgIpc) is 3.30. The van der Waals surface area contributed by atoms with Crippen molar-refractivity contribution in [2.24, 2.45) is 5.92 Å². The third kappa shape index (κ3) is 23.3. The van der Waals surface area contributed by atoms with Crippen LogP contribution in [-0.4, -0.2) is 50.1 Å². The fourth-order valence-electron chi connectivity index (χ4n) is 6.17. The van der Waals surface area contributed by atoms with Gasteiger partial charge in [0.15, 0.2) is 0 Å². The van der Waals surface area contributed by atoms with E-state index in [9.17, 15) is 0 Å². The van der Waals surface area contributed by atoms with E-state index < -0.39 is 0 Å². The molecule has 6 rings (SSSR count). The Kier molecular flexibility index (Phi) is 27.2. The maximum Gasteiger partial charge on any atom is 0.107 e. The molecule has 5 aromatic carbocycles. The summed E-state index contributed by atoms with van der Waals surface area (Å²) < 4.78 is 22.7. The van der Waals surface area contributed by atoms with Crippen LogP contribution in [0.15, 0.2) is 152 Å². The molecule has 0 aliphatic carbocycles. The molecule has 0 aromatic heterocycles. The first-order valence-corrected chi connectivity index (χ1v) is 22.0. The monoisotopic (exact) mass is 815 g/mol. The van der Waals surface area contributed by atoms with E-state index in [2.05, 4.69) is 141 Å². The van der Waals surface area contributed by atoms with Crippen LogP contribution in [0.2, 0.25) is 0 Å². The summed E-state index contributed by atoms with van der Waals surface area (Å²) in [6, 6.07) is 52.3. The highest BCUT2D eigenvalue weighted by molar-refractivity contribution is 7.79. The predicted octanol–water partition coefficient (Wildman–Crippen LogP) is 12.3. The molecule has 5 aromatic rings. The van der Waals surface area contributed by atoms with Crippen molar-refractivity contribution in [1.82, 2.24) is 4.90 Å². The Balaban J connectivity index is 0.000000236. The van der Waals surface area contributed by atoms with Crippen LogP contribution in [0.3, 0.4) is 0 Å². The van der Waals surface area contributed by atoms with Crippen LogP contribution < -0.4 is 0 Å². The van der Waals surface area contributed by atoms with E-state index in [-0.39, 0.29) is 12.2 Å². The zero-order valence-electron chi connectivity index (χ0n) is 35.9. The number of benzene rings is 5. The van der Waals surface area contributed by atoms with Crippen LogP contribution in [0, 0.1) is 18.3 Å². The molecule has 0 saturated carbocycles. The molecule has 0 amide bonds. The lowest BCUT2D eigenvalue weighted by Gasteiger charge is -2.31. The predicted molar refractivity (Wildman–Crippen MR) is 250 cm³/mol. The SMILES string of the molecule is C#CCOCCC.CCC(C)CCN(Cc1ccccc1)Cc1ccccc1.SCc1ccccc1.c1ccc(COCC2OCCCC2OCc2ccccc2)cc1. The summed E-state index contributed by atoms with van der Waals surface area (Å²) in [6.07, 6.45) is 10.7. The lowest BCUT2D eigenvalue weighted by molar-refractivity contribution is -0.137. The molecule has 1 aliphatic rings. The molecule has 5 nitrogen and oxygen atoms in total. The molecule has 3 atom stereocenters. The van der Waals surface area contributed by atoms with Gasteiger partial charge in [0, 0.05) is 32.1 Å². The summed E-state index contributed by atoms with van der Waals surface area (Å²) in [7, 11) is 0. The van der Waals surface area contributed by atoms with E-state index in [1.165, 1.54) is 47.2 Å². The van der Waals surface area contributed by atoms with Gasteiger partial charge in [-0.3, -0.25) is 4.90 Å². The van der Waals surface area contributed by atoms with Crippen molar-refractivity contribution in [3.05, 3.63) is 179 Å². The standard InChI is InChI=1S/C20H27N.C20H24O3.C7H8S.C6H10O/c1-3-18(2)14-15-21(16-19-10-6-4-7-11-19)17-20-12-8-5-9-13-20;1-3-8-17(9-4-1)14-21-16-20-19(12-7-13-22-20)23-15-18-10-5-2-6-11-18;8-6-7-4-2-1-3-5-7;1-3-5-7-6-4-2/h4-13,18H,3,14-17H2,1-2H3;1-6,8-11,19-20H,7,12-16H2;1-5,8H,6H2;1H,4-6H2,2H3. The highest BCUT2D eigenvalue weighted by atomic mass is 32.1. The maximum absolute atomic E-state index is 6.08. The fraction of sp³-hybridized carbons (Fsp3) is 0.396. The van der Waals surface area contributed by atoms with Gasteiger partial charge in [-0.2, -0.15) is 12.6 Å². The number of thiol groups is 1. The van der Waals surface area contributed by atoms with Gasteiger partial charge in [-0.05, 0) is 66.0 Å². The van der Waals surface area contributed by atoms with Crippen LogP contribution >= 0.6 is 12.6 Å². The Labute approximate surface area is 362 Å². The molecule has 1 heterocycles. The van der Waals surface area contributed by atoms with Crippen LogP contribution in [0.5, 0.6) is 0 Å². The number of nitrogens with zero attached hydrogens (tertiary/aromatic N) is 1.